The molecule has 2 aliphatic rings. The molecular weight excluding hydrogens is 228 g/mol. The highest BCUT2D eigenvalue weighted by Crippen LogP contribution is 2.43. The maximum absolute atomic E-state index is 2.28. The summed E-state index contributed by atoms with van der Waals surface area (Å²) in [6, 6.07) is 15.6. The van der Waals surface area contributed by atoms with Crippen molar-refractivity contribution in [1.29, 1.82) is 0 Å². The molecule has 2 aliphatic carbocycles. The summed E-state index contributed by atoms with van der Waals surface area (Å²) < 4.78 is 0. The molecule has 0 atom stereocenters. The lowest BCUT2D eigenvalue weighted by atomic mass is 9.93. The van der Waals surface area contributed by atoms with Crippen molar-refractivity contribution in [2.45, 2.75) is 19.8 Å². The number of allylic oxidation sites excluding steroid dienone is 4. The van der Waals surface area contributed by atoms with E-state index in [0.717, 1.165) is 12.8 Å². The predicted octanol–water partition coefficient (Wildman–Crippen LogP) is 4.99. The van der Waals surface area contributed by atoms with Crippen molar-refractivity contribution < 1.29 is 0 Å². The van der Waals surface area contributed by atoms with Gasteiger partial charge in [-0.3, -0.25) is 0 Å². The Kier molecular flexibility index (Phi) is 2.25. The van der Waals surface area contributed by atoms with Crippen molar-refractivity contribution in [2.75, 3.05) is 0 Å². The van der Waals surface area contributed by atoms with Crippen molar-refractivity contribution in [1.82, 2.24) is 0 Å². The number of benzene rings is 2. The van der Waals surface area contributed by atoms with Crippen LogP contribution < -0.4 is 0 Å². The van der Waals surface area contributed by atoms with Crippen molar-refractivity contribution in [3.63, 3.8) is 0 Å². The molecule has 0 heteroatoms. The molecule has 0 nitrogen and oxygen atoms in total. The molecule has 92 valence electrons. The zero-order valence-corrected chi connectivity index (χ0v) is 11.1. The maximum Gasteiger partial charge on any atom is -0.00132 e. The molecule has 0 aromatic heterocycles. The number of rotatable bonds is 1. The van der Waals surface area contributed by atoms with E-state index >= 15 is 0 Å². The monoisotopic (exact) mass is 244 g/mol. The Morgan fingerprint density at radius 2 is 1.53 bits per heavy atom. The Hall–Kier alpha value is -2.08. The Bertz CT molecular complexity index is 729. The lowest BCUT2D eigenvalue weighted by Gasteiger charge is -2.11. The van der Waals surface area contributed by atoms with E-state index in [1.165, 1.54) is 39.0 Å². The van der Waals surface area contributed by atoms with Crippen LogP contribution in [0.25, 0.3) is 16.7 Å². The largest absolute Gasteiger partial charge is 0.0689 e. The van der Waals surface area contributed by atoms with Gasteiger partial charge >= 0.3 is 0 Å². The molecule has 0 saturated carbocycles. The van der Waals surface area contributed by atoms with Crippen molar-refractivity contribution in [2.24, 2.45) is 0 Å². The fraction of sp³-hybridized carbons (Fsp3) is 0.158. The Morgan fingerprint density at radius 3 is 2.37 bits per heavy atom. The summed E-state index contributed by atoms with van der Waals surface area (Å²) in [5, 5.41) is 0. The fourth-order valence-electron chi connectivity index (χ4n) is 3.30. The van der Waals surface area contributed by atoms with E-state index < -0.39 is 0 Å². The van der Waals surface area contributed by atoms with E-state index in [4.69, 9.17) is 0 Å². The van der Waals surface area contributed by atoms with Gasteiger partial charge in [0.25, 0.3) is 0 Å². The molecular formula is C19H16. The van der Waals surface area contributed by atoms with Crippen LogP contribution in [0.1, 0.15) is 30.0 Å². The van der Waals surface area contributed by atoms with E-state index in [1.807, 2.05) is 0 Å². The van der Waals surface area contributed by atoms with E-state index in [1.54, 1.807) is 0 Å². The molecule has 0 N–H and O–H groups in total. The van der Waals surface area contributed by atoms with Gasteiger partial charge in [-0.05, 0) is 53.2 Å². The maximum atomic E-state index is 2.28. The summed E-state index contributed by atoms with van der Waals surface area (Å²) in [6.45, 7) is 2.21. The summed E-state index contributed by atoms with van der Waals surface area (Å²) in [6.07, 6.45) is 6.71. The smallest absolute Gasteiger partial charge is 0.00132 e. The van der Waals surface area contributed by atoms with Crippen LogP contribution in [-0.2, 0) is 6.42 Å². The minimum absolute atomic E-state index is 1.08. The van der Waals surface area contributed by atoms with Crippen molar-refractivity contribution in [3.8, 4) is 11.1 Å². The molecule has 2 aromatic rings. The van der Waals surface area contributed by atoms with Crippen LogP contribution in [0, 0.1) is 0 Å². The van der Waals surface area contributed by atoms with Crippen LogP contribution >= 0.6 is 0 Å². The topological polar surface area (TPSA) is 0 Å². The first kappa shape index (κ1) is 10.8. The van der Waals surface area contributed by atoms with Gasteiger partial charge in [0.05, 0.1) is 0 Å². The first-order valence-electron chi connectivity index (χ1n) is 6.90. The molecule has 0 aliphatic heterocycles. The van der Waals surface area contributed by atoms with Gasteiger partial charge in [-0.15, -0.1) is 0 Å². The minimum atomic E-state index is 1.08. The van der Waals surface area contributed by atoms with Gasteiger partial charge in [0.1, 0.15) is 0 Å². The van der Waals surface area contributed by atoms with Gasteiger partial charge in [0.2, 0.25) is 0 Å². The fourth-order valence-corrected chi connectivity index (χ4v) is 3.30. The molecule has 0 spiro atoms. The quantitative estimate of drug-likeness (QED) is 0.565. The summed E-state index contributed by atoms with van der Waals surface area (Å²) in [5.74, 6) is 0. The van der Waals surface area contributed by atoms with Crippen LogP contribution in [0.4, 0.5) is 0 Å². The summed E-state index contributed by atoms with van der Waals surface area (Å²) in [5.41, 5.74) is 10.2. The molecule has 2 aromatic carbocycles. The van der Waals surface area contributed by atoms with Crippen molar-refractivity contribution in [3.05, 3.63) is 76.9 Å². The van der Waals surface area contributed by atoms with Gasteiger partial charge in [-0.2, -0.15) is 0 Å². The first-order valence-corrected chi connectivity index (χ1v) is 6.90. The average Bonchev–Trinajstić information content (AvgIpc) is 3.01. The minimum Gasteiger partial charge on any atom is -0.0689 e. The molecule has 19 heavy (non-hydrogen) atoms. The molecule has 0 bridgehead atoms. The molecule has 0 unspecified atom stereocenters. The van der Waals surface area contributed by atoms with Gasteiger partial charge in [-0.1, -0.05) is 60.2 Å². The second-order valence-electron chi connectivity index (χ2n) is 5.56. The first-order chi connectivity index (χ1) is 9.33. The number of hydrogen-bond donors (Lipinski definition) is 0. The summed E-state index contributed by atoms with van der Waals surface area (Å²) in [4.78, 5) is 0. The van der Waals surface area contributed by atoms with E-state index in [9.17, 15) is 0 Å². The number of hydrogen-bond acceptors (Lipinski definition) is 0. The normalized spacial score (nSPS) is 15.8. The van der Waals surface area contributed by atoms with E-state index in [-0.39, 0.29) is 0 Å². The Labute approximate surface area is 114 Å². The second kappa shape index (κ2) is 3.96. The van der Waals surface area contributed by atoms with Crippen LogP contribution in [0.3, 0.4) is 0 Å². The zero-order valence-electron chi connectivity index (χ0n) is 11.1. The van der Waals surface area contributed by atoms with E-state index in [2.05, 4.69) is 61.5 Å². The third-order valence-electron chi connectivity index (χ3n) is 4.20. The van der Waals surface area contributed by atoms with Crippen molar-refractivity contribution >= 4 is 5.57 Å². The predicted molar refractivity (Wildman–Crippen MR) is 81.0 cm³/mol. The highest BCUT2D eigenvalue weighted by molar-refractivity contribution is 5.89. The molecule has 4 rings (SSSR count). The lowest BCUT2D eigenvalue weighted by Crippen LogP contribution is -1.89. The van der Waals surface area contributed by atoms with Crippen LogP contribution in [0.2, 0.25) is 0 Å². The molecule has 0 fully saturated rings. The number of fused-ring (bicyclic) bond motifs is 3. The van der Waals surface area contributed by atoms with Gasteiger partial charge in [0, 0.05) is 0 Å². The molecule has 0 amide bonds. The van der Waals surface area contributed by atoms with Gasteiger partial charge in [0.15, 0.2) is 0 Å². The summed E-state index contributed by atoms with van der Waals surface area (Å²) in [7, 11) is 0. The Balaban J connectivity index is 1.92. The summed E-state index contributed by atoms with van der Waals surface area (Å²) >= 11 is 0. The van der Waals surface area contributed by atoms with Gasteiger partial charge in [-0.25, -0.2) is 0 Å². The van der Waals surface area contributed by atoms with Crippen LogP contribution in [-0.4, -0.2) is 0 Å². The standard InChI is InChI=1S/C19H16/c1-13-9-10-15(11-13)18-8-4-6-16-12-14-5-2-3-7-17(14)19(16)18/h2-10H,11-12H2,1H3. The molecule has 0 saturated heterocycles. The highest BCUT2D eigenvalue weighted by atomic mass is 14.3. The molecule has 0 radical (unpaired) electrons. The van der Waals surface area contributed by atoms with E-state index in [0.29, 0.717) is 0 Å². The lowest BCUT2D eigenvalue weighted by molar-refractivity contribution is 1.25. The SMILES string of the molecule is CC1=CC=C(c2cccc3c2-c2ccccc2C3)C1. The third-order valence-corrected chi connectivity index (χ3v) is 4.20. The van der Waals surface area contributed by atoms with Gasteiger partial charge < -0.3 is 0 Å². The van der Waals surface area contributed by atoms with Crippen LogP contribution in [0.5, 0.6) is 0 Å². The average molecular weight is 244 g/mol. The zero-order chi connectivity index (χ0) is 12.8. The second-order valence-corrected chi connectivity index (χ2v) is 5.56. The molecule has 0 heterocycles. The van der Waals surface area contributed by atoms with Crippen LogP contribution in [0.15, 0.2) is 60.2 Å². The Morgan fingerprint density at radius 1 is 0.737 bits per heavy atom. The third kappa shape index (κ3) is 1.60. The highest BCUT2D eigenvalue weighted by Gasteiger charge is 2.22.